The van der Waals surface area contributed by atoms with Gasteiger partial charge in [-0.2, -0.15) is 5.26 Å². The molecule has 0 spiro atoms. The van der Waals surface area contributed by atoms with Gasteiger partial charge in [0, 0.05) is 13.0 Å². The molecule has 0 aliphatic rings. The summed E-state index contributed by atoms with van der Waals surface area (Å²) in [5.41, 5.74) is 1.24. The number of nitrogens with zero attached hydrogens (tertiary/aromatic N) is 2. The molecule has 3 heteroatoms. The molecule has 16 heavy (non-hydrogen) atoms. The third-order valence-corrected chi connectivity index (χ3v) is 2.10. The molecule has 0 aliphatic heterocycles. The fourth-order valence-electron chi connectivity index (χ4n) is 1.44. The summed E-state index contributed by atoms with van der Waals surface area (Å²) in [5, 5.41) is 8.40. The minimum absolute atomic E-state index is 0.553. The average molecular weight is 218 g/mol. The van der Waals surface area contributed by atoms with Gasteiger partial charge in [0.15, 0.2) is 0 Å². The lowest BCUT2D eigenvalue weighted by molar-refractivity contribution is 0.311. The Balaban J connectivity index is 2.44. The van der Waals surface area contributed by atoms with Gasteiger partial charge in [0.25, 0.3) is 0 Å². The zero-order chi connectivity index (χ0) is 11.8. The molecule has 0 saturated heterocycles. The van der Waals surface area contributed by atoms with Crippen LogP contribution in [0.25, 0.3) is 0 Å². The van der Waals surface area contributed by atoms with Gasteiger partial charge >= 0.3 is 0 Å². The summed E-state index contributed by atoms with van der Waals surface area (Å²) < 4.78 is 5.56. The van der Waals surface area contributed by atoms with Gasteiger partial charge in [0.05, 0.1) is 12.7 Å². The zero-order valence-corrected chi connectivity index (χ0v) is 9.94. The minimum Gasteiger partial charge on any atom is -0.494 e. The van der Waals surface area contributed by atoms with E-state index in [-0.39, 0.29) is 0 Å². The zero-order valence-electron chi connectivity index (χ0n) is 9.94. The number of hydrogen-bond donors (Lipinski definition) is 0. The maximum Gasteiger partial charge on any atom is 0.119 e. The lowest BCUT2D eigenvalue weighted by Gasteiger charge is -2.11. The standard InChI is InChI=1S/C13H18N2O/c1-15(2)11-12-6-5-7-13(10-12)16-9-4-3-8-14/h5-7,10H,3-4,9,11H2,1-2H3. The quantitative estimate of drug-likeness (QED) is 0.688. The average Bonchev–Trinajstić information content (AvgIpc) is 2.24. The number of unbranched alkanes of at least 4 members (excludes halogenated alkanes) is 1. The van der Waals surface area contributed by atoms with Crippen LogP contribution in [0.5, 0.6) is 5.75 Å². The van der Waals surface area contributed by atoms with Gasteiger partial charge in [-0.3, -0.25) is 0 Å². The predicted octanol–water partition coefficient (Wildman–Crippen LogP) is 2.43. The van der Waals surface area contributed by atoms with E-state index in [9.17, 15) is 0 Å². The van der Waals surface area contributed by atoms with Crippen LogP contribution in [-0.4, -0.2) is 25.6 Å². The molecule has 0 heterocycles. The van der Waals surface area contributed by atoms with Crippen molar-refractivity contribution in [3.63, 3.8) is 0 Å². The van der Waals surface area contributed by atoms with Gasteiger partial charge in [-0.05, 0) is 38.2 Å². The summed E-state index contributed by atoms with van der Waals surface area (Å²) in [6.45, 7) is 1.52. The van der Waals surface area contributed by atoms with Crippen molar-refractivity contribution in [2.45, 2.75) is 19.4 Å². The molecule has 0 atom stereocenters. The SMILES string of the molecule is CN(C)Cc1cccc(OCCCC#N)c1. The van der Waals surface area contributed by atoms with Crippen LogP contribution >= 0.6 is 0 Å². The molecule has 0 fully saturated rings. The molecule has 1 aromatic carbocycles. The van der Waals surface area contributed by atoms with Crippen molar-refractivity contribution in [2.24, 2.45) is 0 Å². The van der Waals surface area contributed by atoms with Crippen molar-refractivity contribution in [1.29, 1.82) is 5.26 Å². The van der Waals surface area contributed by atoms with Crippen molar-refractivity contribution < 1.29 is 4.74 Å². The van der Waals surface area contributed by atoms with Gasteiger partial charge in [0.2, 0.25) is 0 Å². The van der Waals surface area contributed by atoms with E-state index in [1.54, 1.807) is 0 Å². The molecular formula is C13H18N2O. The molecule has 0 radical (unpaired) electrons. The van der Waals surface area contributed by atoms with E-state index >= 15 is 0 Å². The number of hydrogen-bond acceptors (Lipinski definition) is 3. The molecule has 3 nitrogen and oxygen atoms in total. The van der Waals surface area contributed by atoms with Crippen LogP contribution in [0.3, 0.4) is 0 Å². The largest absolute Gasteiger partial charge is 0.494 e. The van der Waals surface area contributed by atoms with Crippen molar-refractivity contribution in [3.05, 3.63) is 29.8 Å². The summed E-state index contributed by atoms with van der Waals surface area (Å²) in [5.74, 6) is 0.886. The fourth-order valence-corrected chi connectivity index (χ4v) is 1.44. The van der Waals surface area contributed by atoms with Crippen molar-refractivity contribution in [3.8, 4) is 11.8 Å². The highest BCUT2D eigenvalue weighted by atomic mass is 16.5. The molecule has 0 bridgehead atoms. The lowest BCUT2D eigenvalue weighted by Crippen LogP contribution is -2.10. The van der Waals surface area contributed by atoms with Gasteiger partial charge in [0.1, 0.15) is 5.75 Å². The smallest absolute Gasteiger partial charge is 0.119 e. The van der Waals surface area contributed by atoms with Crippen LogP contribution in [0.2, 0.25) is 0 Å². The highest BCUT2D eigenvalue weighted by Gasteiger charge is 1.98. The van der Waals surface area contributed by atoms with Gasteiger partial charge in [-0.25, -0.2) is 0 Å². The summed E-state index contributed by atoms with van der Waals surface area (Å²) in [6, 6.07) is 10.2. The van der Waals surface area contributed by atoms with Gasteiger partial charge in [-0.15, -0.1) is 0 Å². The van der Waals surface area contributed by atoms with Crippen LogP contribution in [0, 0.1) is 11.3 Å². The molecule has 0 unspecified atom stereocenters. The first-order valence-corrected chi connectivity index (χ1v) is 5.46. The normalized spacial score (nSPS) is 10.1. The Bertz CT molecular complexity index is 355. The van der Waals surface area contributed by atoms with Crippen molar-refractivity contribution >= 4 is 0 Å². The third kappa shape index (κ3) is 4.81. The maximum absolute atomic E-state index is 8.40. The lowest BCUT2D eigenvalue weighted by atomic mass is 10.2. The van der Waals surface area contributed by atoms with E-state index in [0.29, 0.717) is 13.0 Å². The molecule has 0 aromatic heterocycles. The first-order chi connectivity index (χ1) is 7.72. The fraction of sp³-hybridized carbons (Fsp3) is 0.462. The first kappa shape index (κ1) is 12.5. The van der Waals surface area contributed by atoms with E-state index in [2.05, 4.69) is 17.0 Å². The maximum atomic E-state index is 8.40. The van der Waals surface area contributed by atoms with Crippen LogP contribution in [-0.2, 0) is 6.54 Å². The molecule has 1 aromatic rings. The summed E-state index contributed by atoms with van der Waals surface area (Å²) in [6.07, 6.45) is 1.34. The van der Waals surface area contributed by atoms with E-state index in [1.165, 1.54) is 5.56 Å². The number of rotatable bonds is 6. The highest BCUT2D eigenvalue weighted by molar-refractivity contribution is 5.28. The Labute approximate surface area is 97.3 Å². The van der Waals surface area contributed by atoms with Crippen molar-refractivity contribution in [1.82, 2.24) is 4.90 Å². The van der Waals surface area contributed by atoms with Crippen LogP contribution in [0.15, 0.2) is 24.3 Å². The van der Waals surface area contributed by atoms with Crippen LogP contribution in [0.1, 0.15) is 18.4 Å². The summed E-state index contributed by atoms with van der Waals surface area (Å²) >= 11 is 0. The van der Waals surface area contributed by atoms with E-state index in [1.807, 2.05) is 32.3 Å². The van der Waals surface area contributed by atoms with Crippen LogP contribution in [0.4, 0.5) is 0 Å². The van der Waals surface area contributed by atoms with E-state index in [0.717, 1.165) is 18.7 Å². The Kier molecular flexibility index (Phi) is 5.38. The summed E-state index contributed by atoms with van der Waals surface area (Å²) in [7, 11) is 4.08. The molecule has 86 valence electrons. The molecule has 0 amide bonds. The molecule has 0 aliphatic carbocycles. The molecule has 1 rings (SSSR count). The predicted molar refractivity (Wildman–Crippen MR) is 64.2 cm³/mol. The third-order valence-electron chi connectivity index (χ3n) is 2.10. The summed E-state index contributed by atoms with van der Waals surface area (Å²) in [4.78, 5) is 2.12. The van der Waals surface area contributed by atoms with Gasteiger partial charge in [-0.1, -0.05) is 12.1 Å². The Morgan fingerprint density at radius 1 is 1.38 bits per heavy atom. The van der Waals surface area contributed by atoms with Crippen LogP contribution < -0.4 is 4.74 Å². The second-order valence-corrected chi connectivity index (χ2v) is 4.00. The van der Waals surface area contributed by atoms with Crippen molar-refractivity contribution in [2.75, 3.05) is 20.7 Å². The second kappa shape index (κ2) is 6.86. The Morgan fingerprint density at radius 2 is 2.19 bits per heavy atom. The monoisotopic (exact) mass is 218 g/mol. The Morgan fingerprint density at radius 3 is 2.88 bits per heavy atom. The molecule has 0 saturated carbocycles. The Hall–Kier alpha value is -1.53. The van der Waals surface area contributed by atoms with Gasteiger partial charge < -0.3 is 9.64 Å². The second-order valence-electron chi connectivity index (χ2n) is 4.00. The number of ether oxygens (including phenoxy) is 1. The molecular weight excluding hydrogens is 200 g/mol. The molecule has 0 N–H and O–H groups in total. The number of benzene rings is 1. The highest BCUT2D eigenvalue weighted by Crippen LogP contribution is 2.14. The van der Waals surface area contributed by atoms with E-state index in [4.69, 9.17) is 10.00 Å². The minimum atomic E-state index is 0.553. The first-order valence-electron chi connectivity index (χ1n) is 5.46. The topological polar surface area (TPSA) is 36.3 Å². The number of nitriles is 1. The van der Waals surface area contributed by atoms with E-state index < -0.39 is 0 Å².